The minimum absolute atomic E-state index is 0.261. The van der Waals surface area contributed by atoms with Gasteiger partial charge in [-0.1, -0.05) is 60.7 Å². The van der Waals surface area contributed by atoms with Crippen molar-refractivity contribution in [2.24, 2.45) is 0 Å². The molecule has 3 aromatic rings. The first-order chi connectivity index (χ1) is 13.3. The number of hydrogen-bond donors (Lipinski definition) is 1. The van der Waals surface area contributed by atoms with E-state index in [4.69, 9.17) is 10.5 Å². The Hall–Kier alpha value is -2.78. The molecule has 1 aliphatic heterocycles. The van der Waals surface area contributed by atoms with E-state index < -0.39 is 0 Å². The third-order valence-electron chi connectivity index (χ3n) is 5.26. The molecular weight excluding hydrogens is 332 g/mol. The lowest BCUT2D eigenvalue weighted by molar-refractivity contribution is 0.0847. The molecule has 1 aliphatic rings. The zero-order valence-electron chi connectivity index (χ0n) is 15.5. The molecule has 138 valence electrons. The fraction of sp³-hybridized carbons (Fsp3) is 0.250. The second kappa shape index (κ2) is 8.28. The van der Waals surface area contributed by atoms with Gasteiger partial charge in [0.05, 0.1) is 6.04 Å². The van der Waals surface area contributed by atoms with Gasteiger partial charge in [0.15, 0.2) is 0 Å². The number of hydrogen-bond acceptors (Lipinski definition) is 3. The molecule has 0 unspecified atom stereocenters. The van der Waals surface area contributed by atoms with Gasteiger partial charge in [0.25, 0.3) is 0 Å². The van der Waals surface area contributed by atoms with Crippen molar-refractivity contribution >= 4 is 5.69 Å². The first-order valence-corrected chi connectivity index (χ1v) is 9.66. The van der Waals surface area contributed by atoms with Crippen LogP contribution in [-0.2, 0) is 0 Å². The standard InChI is InChI=1S/C24H26N2O/c25-21-11-13-22(14-12-21)27-23-15-17-26(18-16-23)24(19-7-3-1-4-8-19)20-9-5-2-6-10-20/h1-14,23-24H,15-18,25H2. The Balaban J connectivity index is 1.46. The summed E-state index contributed by atoms with van der Waals surface area (Å²) in [6, 6.07) is 29.6. The predicted octanol–water partition coefficient (Wildman–Crippen LogP) is 4.90. The van der Waals surface area contributed by atoms with Gasteiger partial charge in [-0.3, -0.25) is 4.90 Å². The topological polar surface area (TPSA) is 38.5 Å². The summed E-state index contributed by atoms with van der Waals surface area (Å²) in [5.74, 6) is 0.908. The molecule has 1 heterocycles. The van der Waals surface area contributed by atoms with Gasteiger partial charge < -0.3 is 10.5 Å². The highest BCUT2D eigenvalue weighted by atomic mass is 16.5. The van der Waals surface area contributed by atoms with Crippen LogP contribution >= 0.6 is 0 Å². The smallest absolute Gasteiger partial charge is 0.119 e. The molecular formula is C24H26N2O. The summed E-state index contributed by atoms with van der Waals surface area (Å²) >= 11 is 0. The lowest BCUT2D eigenvalue weighted by atomic mass is 9.94. The van der Waals surface area contributed by atoms with E-state index in [1.165, 1.54) is 11.1 Å². The molecule has 1 saturated heterocycles. The molecule has 0 bridgehead atoms. The van der Waals surface area contributed by atoms with Crippen LogP contribution in [0.4, 0.5) is 5.69 Å². The van der Waals surface area contributed by atoms with Crippen LogP contribution in [0.25, 0.3) is 0 Å². The number of likely N-dealkylation sites (tertiary alicyclic amines) is 1. The fourth-order valence-corrected chi connectivity index (χ4v) is 3.88. The van der Waals surface area contributed by atoms with Gasteiger partial charge in [-0.05, 0) is 48.2 Å². The zero-order valence-corrected chi connectivity index (χ0v) is 15.5. The number of rotatable bonds is 5. The van der Waals surface area contributed by atoms with E-state index in [0.29, 0.717) is 6.04 Å². The van der Waals surface area contributed by atoms with Gasteiger partial charge in [-0.15, -0.1) is 0 Å². The van der Waals surface area contributed by atoms with Crippen molar-refractivity contribution in [2.45, 2.75) is 25.0 Å². The third-order valence-corrected chi connectivity index (χ3v) is 5.26. The van der Waals surface area contributed by atoms with E-state index in [1.54, 1.807) is 0 Å². The number of nitrogen functional groups attached to an aromatic ring is 1. The number of piperidine rings is 1. The van der Waals surface area contributed by atoms with Gasteiger partial charge in [0, 0.05) is 18.8 Å². The maximum Gasteiger partial charge on any atom is 0.119 e. The highest BCUT2D eigenvalue weighted by Gasteiger charge is 2.28. The molecule has 4 rings (SSSR count). The largest absolute Gasteiger partial charge is 0.490 e. The summed E-state index contributed by atoms with van der Waals surface area (Å²) in [6.45, 7) is 2.04. The highest BCUT2D eigenvalue weighted by Crippen LogP contribution is 2.32. The van der Waals surface area contributed by atoms with Gasteiger partial charge in [0.2, 0.25) is 0 Å². The maximum atomic E-state index is 6.17. The first kappa shape index (κ1) is 17.6. The van der Waals surface area contributed by atoms with E-state index in [0.717, 1.165) is 37.4 Å². The molecule has 0 saturated carbocycles. The lowest BCUT2D eigenvalue weighted by Crippen LogP contribution is -2.40. The van der Waals surface area contributed by atoms with Crippen LogP contribution < -0.4 is 10.5 Å². The van der Waals surface area contributed by atoms with Crippen molar-refractivity contribution in [3.63, 3.8) is 0 Å². The van der Waals surface area contributed by atoms with E-state index >= 15 is 0 Å². The molecule has 3 aromatic carbocycles. The Bertz CT molecular complexity index is 786. The first-order valence-electron chi connectivity index (χ1n) is 9.66. The van der Waals surface area contributed by atoms with E-state index in [-0.39, 0.29) is 6.10 Å². The Kier molecular flexibility index (Phi) is 5.40. The Morgan fingerprint density at radius 3 is 1.78 bits per heavy atom. The second-order valence-electron chi connectivity index (χ2n) is 7.15. The van der Waals surface area contributed by atoms with Gasteiger partial charge >= 0.3 is 0 Å². The van der Waals surface area contributed by atoms with Crippen LogP contribution in [0.1, 0.15) is 30.0 Å². The molecule has 3 nitrogen and oxygen atoms in total. The molecule has 27 heavy (non-hydrogen) atoms. The predicted molar refractivity (Wildman–Crippen MR) is 111 cm³/mol. The summed E-state index contributed by atoms with van der Waals surface area (Å²) in [7, 11) is 0. The van der Waals surface area contributed by atoms with Crippen molar-refractivity contribution in [3.8, 4) is 5.75 Å². The van der Waals surface area contributed by atoms with Crippen molar-refractivity contribution in [2.75, 3.05) is 18.8 Å². The summed E-state index contributed by atoms with van der Waals surface area (Å²) < 4.78 is 6.17. The second-order valence-corrected chi connectivity index (χ2v) is 7.15. The normalized spacial score (nSPS) is 15.7. The van der Waals surface area contributed by atoms with E-state index in [9.17, 15) is 0 Å². The Morgan fingerprint density at radius 2 is 1.26 bits per heavy atom. The van der Waals surface area contributed by atoms with Gasteiger partial charge in [-0.2, -0.15) is 0 Å². The van der Waals surface area contributed by atoms with Crippen molar-refractivity contribution in [3.05, 3.63) is 96.1 Å². The minimum atomic E-state index is 0.261. The monoisotopic (exact) mass is 358 g/mol. The molecule has 0 aromatic heterocycles. The molecule has 0 spiro atoms. The van der Waals surface area contributed by atoms with Crippen LogP contribution in [0, 0.1) is 0 Å². The summed E-state index contributed by atoms with van der Waals surface area (Å²) in [5.41, 5.74) is 9.23. The van der Waals surface area contributed by atoms with Gasteiger partial charge in [-0.25, -0.2) is 0 Å². The highest BCUT2D eigenvalue weighted by molar-refractivity contribution is 5.41. The Morgan fingerprint density at radius 1 is 0.741 bits per heavy atom. The molecule has 0 radical (unpaired) electrons. The van der Waals surface area contributed by atoms with Crippen LogP contribution in [-0.4, -0.2) is 24.1 Å². The van der Waals surface area contributed by atoms with Crippen LogP contribution in [0.3, 0.4) is 0 Å². The number of nitrogens with zero attached hydrogens (tertiary/aromatic N) is 1. The van der Waals surface area contributed by atoms with Crippen molar-refractivity contribution in [1.29, 1.82) is 0 Å². The lowest BCUT2D eigenvalue weighted by Gasteiger charge is -2.38. The molecule has 0 aliphatic carbocycles. The van der Waals surface area contributed by atoms with Crippen molar-refractivity contribution < 1.29 is 4.74 Å². The minimum Gasteiger partial charge on any atom is -0.490 e. The maximum absolute atomic E-state index is 6.17. The molecule has 0 atom stereocenters. The number of benzene rings is 3. The van der Waals surface area contributed by atoms with E-state index in [1.807, 2.05) is 24.3 Å². The number of anilines is 1. The summed E-state index contributed by atoms with van der Waals surface area (Å²) in [4.78, 5) is 2.58. The molecule has 2 N–H and O–H groups in total. The average Bonchev–Trinajstić information content (AvgIpc) is 2.73. The molecule has 0 amide bonds. The average molecular weight is 358 g/mol. The van der Waals surface area contributed by atoms with Crippen molar-refractivity contribution in [1.82, 2.24) is 4.90 Å². The van der Waals surface area contributed by atoms with Crippen LogP contribution in [0.2, 0.25) is 0 Å². The van der Waals surface area contributed by atoms with Crippen LogP contribution in [0.15, 0.2) is 84.9 Å². The zero-order chi connectivity index (χ0) is 18.5. The summed E-state index contributed by atoms with van der Waals surface area (Å²) in [6.07, 6.45) is 2.32. The fourth-order valence-electron chi connectivity index (χ4n) is 3.88. The quantitative estimate of drug-likeness (QED) is 0.659. The number of nitrogens with two attached hydrogens (primary N) is 1. The summed E-state index contributed by atoms with van der Waals surface area (Å²) in [5, 5.41) is 0. The van der Waals surface area contributed by atoms with E-state index in [2.05, 4.69) is 65.6 Å². The molecule has 3 heteroatoms. The van der Waals surface area contributed by atoms with Gasteiger partial charge in [0.1, 0.15) is 11.9 Å². The SMILES string of the molecule is Nc1ccc(OC2CCN(C(c3ccccc3)c3ccccc3)CC2)cc1. The molecule has 1 fully saturated rings. The third kappa shape index (κ3) is 4.32. The van der Waals surface area contributed by atoms with Crippen LogP contribution in [0.5, 0.6) is 5.75 Å². The number of ether oxygens (including phenoxy) is 1. The Labute approximate surface area is 161 Å².